The van der Waals surface area contributed by atoms with Crippen LogP contribution in [-0.4, -0.2) is 61.0 Å². The number of fused-ring (bicyclic) bond motifs is 1. The number of nitrogens with one attached hydrogen (secondary N) is 1. The van der Waals surface area contributed by atoms with Crippen LogP contribution < -0.4 is 5.32 Å². The molecule has 3 rings (SSSR count). The number of carbonyl (C=O) groups is 3. The van der Waals surface area contributed by atoms with Gasteiger partial charge in [-0.25, -0.2) is 8.42 Å². The molecule has 3 fully saturated rings. The van der Waals surface area contributed by atoms with E-state index in [4.69, 9.17) is 4.74 Å². The lowest BCUT2D eigenvalue weighted by Gasteiger charge is -2.29. The Labute approximate surface area is 166 Å². The minimum atomic E-state index is -6.78. The third kappa shape index (κ3) is 3.84. The number of halogens is 5. The Morgan fingerprint density at radius 1 is 1.23 bits per heavy atom. The number of amides is 1. The lowest BCUT2D eigenvalue weighted by atomic mass is 9.79. The van der Waals surface area contributed by atoms with Crippen LogP contribution in [-0.2, 0) is 34.0 Å². The Hall–Kier alpha value is -2.03. The number of ether oxygens (including phenoxy) is 2. The topological polar surface area (TPSA) is 139 Å². The van der Waals surface area contributed by atoms with Crippen LogP contribution in [0.4, 0.5) is 22.0 Å². The summed E-state index contributed by atoms with van der Waals surface area (Å²) in [5.74, 6) is -4.65. The number of alkyl halides is 5. The van der Waals surface area contributed by atoms with Gasteiger partial charge in [0, 0.05) is 12.5 Å². The van der Waals surface area contributed by atoms with E-state index in [0.717, 1.165) is 0 Å². The van der Waals surface area contributed by atoms with Crippen molar-refractivity contribution in [3.8, 4) is 0 Å². The quantitative estimate of drug-likeness (QED) is 0.323. The normalized spacial score (nSPS) is 31.4. The van der Waals surface area contributed by atoms with E-state index < -0.39 is 70.3 Å². The molecule has 1 saturated heterocycles. The van der Waals surface area contributed by atoms with Crippen molar-refractivity contribution in [1.29, 1.82) is 0 Å². The SMILES string of the molecule is O=C(CCNC(=O)C1C2CC3OC(=O)C1C3C2)OC(C(F)(F)F)C(F)(F)S(=O)(=O)[O-]. The Morgan fingerprint density at radius 3 is 2.43 bits per heavy atom. The van der Waals surface area contributed by atoms with Gasteiger partial charge in [0.05, 0.1) is 18.3 Å². The van der Waals surface area contributed by atoms with Crippen LogP contribution >= 0.6 is 0 Å². The first-order valence-corrected chi connectivity index (χ1v) is 10.1. The molecule has 6 unspecified atom stereocenters. The van der Waals surface area contributed by atoms with Crippen molar-refractivity contribution < 1.29 is 58.8 Å². The van der Waals surface area contributed by atoms with E-state index in [-0.39, 0.29) is 17.9 Å². The molecule has 15 heteroatoms. The highest BCUT2D eigenvalue weighted by atomic mass is 32.2. The summed E-state index contributed by atoms with van der Waals surface area (Å²) in [5.41, 5.74) is 0. The van der Waals surface area contributed by atoms with Crippen LogP contribution in [0.2, 0.25) is 0 Å². The Morgan fingerprint density at radius 2 is 1.87 bits per heavy atom. The van der Waals surface area contributed by atoms with Crippen LogP contribution in [0.1, 0.15) is 19.3 Å². The third-order valence-corrected chi connectivity index (χ3v) is 6.48. The van der Waals surface area contributed by atoms with Gasteiger partial charge in [-0.1, -0.05) is 0 Å². The smallest absolute Gasteiger partial charge is 0.432 e. The summed E-state index contributed by atoms with van der Waals surface area (Å²) < 4.78 is 105. The number of carbonyl (C=O) groups excluding carboxylic acids is 3. The van der Waals surface area contributed by atoms with Crippen LogP contribution in [0.25, 0.3) is 0 Å². The molecule has 2 saturated carbocycles. The van der Waals surface area contributed by atoms with Gasteiger partial charge in [-0.05, 0) is 18.8 Å². The summed E-state index contributed by atoms with van der Waals surface area (Å²) in [4.78, 5) is 35.7. The first-order valence-electron chi connectivity index (χ1n) is 8.72. The fraction of sp³-hybridized carbons (Fsp3) is 0.800. The highest BCUT2D eigenvalue weighted by Gasteiger charge is 2.64. The molecule has 170 valence electrons. The van der Waals surface area contributed by atoms with Crippen LogP contribution in [0, 0.1) is 23.7 Å². The molecule has 1 N–H and O–H groups in total. The maximum atomic E-state index is 13.3. The van der Waals surface area contributed by atoms with Crippen molar-refractivity contribution >= 4 is 28.0 Å². The predicted octanol–water partition coefficient (Wildman–Crippen LogP) is 0.302. The van der Waals surface area contributed by atoms with Crippen molar-refractivity contribution in [2.45, 2.75) is 42.9 Å². The van der Waals surface area contributed by atoms with Gasteiger partial charge in [0.1, 0.15) is 6.10 Å². The van der Waals surface area contributed by atoms with Gasteiger partial charge in [-0.2, -0.15) is 22.0 Å². The molecular weight excluding hydrogens is 449 g/mol. The van der Waals surface area contributed by atoms with E-state index in [1.807, 2.05) is 0 Å². The Balaban J connectivity index is 1.55. The molecule has 3 aliphatic rings. The van der Waals surface area contributed by atoms with Gasteiger partial charge < -0.3 is 19.3 Å². The molecule has 30 heavy (non-hydrogen) atoms. The monoisotopic (exact) mass is 464 g/mol. The minimum Gasteiger partial charge on any atom is -0.743 e. The molecular formula is C15H15F5NO8S-. The Bertz CT molecular complexity index is 858. The molecule has 0 radical (unpaired) electrons. The number of rotatable bonds is 7. The summed E-state index contributed by atoms with van der Waals surface area (Å²) in [7, 11) is -6.78. The second-order valence-corrected chi connectivity index (χ2v) is 8.84. The van der Waals surface area contributed by atoms with Crippen LogP contribution in [0.5, 0.6) is 0 Å². The van der Waals surface area contributed by atoms with E-state index in [1.165, 1.54) is 0 Å². The van der Waals surface area contributed by atoms with Gasteiger partial charge >= 0.3 is 23.4 Å². The highest BCUT2D eigenvalue weighted by molar-refractivity contribution is 7.86. The molecule has 0 spiro atoms. The molecule has 2 bridgehead atoms. The first-order chi connectivity index (χ1) is 13.6. The van der Waals surface area contributed by atoms with Gasteiger partial charge in [-0.3, -0.25) is 14.4 Å². The molecule has 6 atom stereocenters. The summed E-state index contributed by atoms with van der Waals surface area (Å²) in [6.07, 6.45) is -10.7. The molecule has 0 aromatic rings. The number of hydrogen-bond donors (Lipinski definition) is 1. The van der Waals surface area contributed by atoms with Gasteiger partial charge in [0.15, 0.2) is 10.1 Å². The zero-order chi connectivity index (χ0) is 22.6. The standard InChI is InChI=1S/C15H16F5NO8S/c16-14(17,18)13(15(19,20)30(25,26)27)29-8(22)1-2-21-11(23)9-5-3-6-7(4-5)28-12(24)10(6)9/h5-7,9-10,13H,1-4H2,(H,21,23)(H,25,26,27)/p-1. The molecule has 9 nitrogen and oxygen atoms in total. The molecule has 0 aromatic carbocycles. The average molecular weight is 464 g/mol. The summed E-state index contributed by atoms with van der Waals surface area (Å²) in [6, 6.07) is 0. The minimum absolute atomic E-state index is 0.0907. The largest absolute Gasteiger partial charge is 0.743 e. The van der Waals surface area contributed by atoms with Crippen molar-refractivity contribution in [3.63, 3.8) is 0 Å². The number of esters is 2. The lowest BCUT2D eigenvalue weighted by Crippen LogP contribution is -2.52. The molecule has 1 amide bonds. The van der Waals surface area contributed by atoms with Crippen LogP contribution in [0.3, 0.4) is 0 Å². The van der Waals surface area contributed by atoms with Crippen molar-refractivity contribution in [2.75, 3.05) is 6.54 Å². The third-order valence-electron chi connectivity index (χ3n) is 5.60. The maximum Gasteiger partial charge on any atom is 0.432 e. The van der Waals surface area contributed by atoms with Crippen molar-refractivity contribution in [2.24, 2.45) is 23.7 Å². The molecule has 0 aromatic heterocycles. The van der Waals surface area contributed by atoms with Gasteiger partial charge in [0.2, 0.25) is 5.91 Å². The predicted molar refractivity (Wildman–Crippen MR) is 81.3 cm³/mol. The number of hydrogen-bond acceptors (Lipinski definition) is 8. The maximum absolute atomic E-state index is 13.3. The van der Waals surface area contributed by atoms with Crippen molar-refractivity contribution in [1.82, 2.24) is 5.32 Å². The van der Waals surface area contributed by atoms with Gasteiger partial charge in [0.25, 0.3) is 6.10 Å². The fourth-order valence-corrected chi connectivity index (χ4v) is 4.86. The zero-order valence-corrected chi connectivity index (χ0v) is 15.7. The average Bonchev–Trinajstić information content (AvgIpc) is 3.19. The zero-order valence-electron chi connectivity index (χ0n) is 14.9. The Kier molecular flexibility index (Phi) is 5.50. The lowest BCUT2D eigenvalue weighted by molar-refractivity contribution is -0.259. The van der Waals surface area contributed by atoms with Crippen molar-refractivity contribution in [3.05, 3.63) is 0 Å². The second kappa shape index (κ2) is 7.28. The van der Waals surface area contributed by atoms with E-state index in [9.17, 15) is 49.3 Å². The summed E-state index contributed by atoms with van der Waals surface area (Å²) in [5, 5.41) is -3.71. The highest BCUT2D eigenvalue weighted by Crippen LogP contribution is 2.57. The van der Waals surface area contributed by atoms with E-state index >= 15 is 0 Å². The van der Waals surface area contributed by atoms with E-state index in [1.54, 1.807) is 0 Å². The fourth-order valence-electron chi connectivity index (χ4n) is 4.42. The van der Waals surface area contributed by atoms with E-state index in [2.05, 4.69) is 10.1 Å². The summed E-state index contributed by atoms with van der Waals surface area (Å²) in [6.45, 7) is -0.614. The first kappa shape index (κ1) is 22.7. The molecule has 2 aliphatic carbocycles. The summed E-state index contributed by atoms with van der Waals surface area (Å²) >= 11 is 0. The van der Waals surface area contributed by atoms with Gasteiger partial charge in [-0.15, -0.1) is 0 Å². The molecule has 1 heterocycles. The second-order valence-electron chi connectivity index (χ2n) is 7.39. The van der Waals surface area contributed by atoms with E-state index in [0.29, 0.717) is 12.8 Å². The van der Waals surface area contributed by atoms with Crippen LogP contribution in [0.15, 0.2) is 0 Å². The molecule has 1 aliphatic heterocycles.